The summed E-state index contributed by atoms with van der Waals surface area (Å²) in [5.74, 6) is 1.39. The fraction of sp³-hybridized carbons (Fsp3) is 0.231. The highest BCUT2D eigenvalue weighted by molar-refractivity contribution is 6.39. The van der Waals surface area contributed by atoms with Gasteiger partial charge in [-0.15, -0.1) is 0 Å². The van der Waals surface area contributed by atoms with Crippen LogP contribution < -0.4 is 10.1 Å². The van der Waals surface area contributed by atoms with Crippen molar-refractivity contribution in [1.29, 1.82) is 0 Å². The largest absolute Gasteiger partial charge is 0.492 e. The quantitative estimate of drug-likeness (QED) is 0.339. The summed E-state index contributed by atoms with van der Waals surface area (Å²) in [6, 6.07) is 12.1. The smallest absolute Gasteiger partial charge is 0.254 e. The Hall–Kier alpha value is -3.46. The zero-order valence-corrected chi connectivity index (χ0v) is 20.8. The molecule has 0 radical (unpaired) electrons. The second kappa shape index (κ2) is 11.1. The maximum atomic E-state index is 12.6. The van der Waals surface area contributed by atoms with E-state index in [1.165, 1.54) is 12.4 Å². The van der Waals surface area contributed by atoms with Crippen LogP contribution in [0.5, 0.6) is 5.75 Å². The van der Waals surface area contributed by atoms with Crippen molar-refractivity contribution < 1.29 is 9.53 Å². The van der Waals surface area contributed by atoms with E-state index in [0.717, 1.165) is 34.8 Å². The van der Waals surface area contributed by atoms with Gasteiger partial charge in [0.15, 0.2) is 0 Å². The number of fused-ring (bicyclic) bond motifs is 1. The molecule has 0 saturated carbocycles. The van der Waals surface area contributed by atoms with Gasteiger partial charge in [0.2, 0.25) is 0 Å². The molecular weight excluding hydrogens is 499 g/mol. The third kappa shape index (κ3) is 5.51. The van der Waals surface area contributed by atoms with Gasteiger partial charge in [-0.2, -0.15) is 0 Å². The number of amides is 1. The van der Waals surface area contributed by atoms with Gasteiger partial charge in [-0.1, -0.05) is 47.5 Å². The average molecular weight is 523 g/mol. The lowest BCUT2D eigenvalue weighted by atomic mass is 10.0. The number of pyridine rings is 2. The van der Waals surface area contributed by atoms with Crippen molar-refractivity contribution >= 4 is 29.1 Å². The average Bonchev–Trinajstić information content (AvgIpc) is 3.41. The van der Waals surface area contributed by atoms with Gasteiger partial charge in [-0.3, -0.25) is 19.7 Å². The van der Waals surface area contributed by atoms with Crippen molar-refractivity contribution in [2.24, 2.45) is 0 Å². The molecule has 3 aromatic heterocycles. The molecule has 0 saturated heterocycles. The van der Waals surface area contributed by atoms with E-state index in [-0.39, 0.29) is 27.6 Å². The summed E-state index contributed by atoms with van der Waals surface area (Å²) in [5.41, 5.74) is 3.27. The zero-order valence-electron chi connectivity index (χ0n) is 19.3. The molecule has 0 bridgehead atoms. The Morgan fingerprint density at radius 1 is 1.06 bits per heavy atom. The van der Waals surface area contributed by atoms with Gasteiger partial charge < -0.3 is 15.0 Å². The summed E-state index contributed by atoms with van der Waals surface area (Å²) in [5, 5.41) is 3.31. The Morgan fingerprint density at radius 2 is 1.83 bits per heavy atom. The molecule has 5 rings (SSSR count). The van der Waals surface area contributed by atoms with Crippen molar-refractivity contribution in [3.05, 3.63) is 106 Å². The molecule has 10 heteroatoms. The number of aromatic nitrogens is 4. The Kier molecular flexibility index (Phi) is 7.46. The van der Waals surface area contributed by atoms with Crippen molar-refractivity contribution in [2.45, 2.75) is 32.1 Å². The van der Waals surface area contributed by atoms with Crippen LogP contribution in [0.2, 0.25) is 10.0 Å². The van der Waals surface area contributed by atoms with Gasteiger partial charge >= 0.3 is 0 Å². The SMILES string of the molecule is O=C(NCc1ccc(CN(Cc2ncc[nH]2)C2CCOc3cccnc32)cc1)c1c(Cl)cncc1Cl. The Bertz CT molecular complexity index is 1310. The predicted octanol–water partition coefficient (Wildman–Crippen LogP) is 4.96. The molecule has 1 aliphatic rings. The van der Waals surface area contributed by atoms with Gasteiger partial charge in [0.25, 0.3) is 5.91 Å². The molecule has 0 aliphatic carbocycles. The van der Waals surface area contributed by atoms with Crippen LogP contribution in [0.4, 0.5) is 0 Å². The standard InChI is InChI=1S/C26H24Cl2N6O2/c27-19-13-29-14-20(28)24(19)26(35)33-12-17-3-5-18(6-4-17)15-34(16-23-30-9-10-31-23)21-7-11-36-22-2-1-8-32-25(21)22/h1-6,8-10,13-14,21H,7,11-12,15-16H2,(H,30,31)(H,33,35). The van der Waals surface area contributed by atoms with Gasteiger partial charge in [-0.25, -0.2) is 4.98 Å². The number of benzene rings is 1. The van der Waals surface area contributed by atoms with E-state index < -0.39 is 0 Å². The maximum Gasteiger partial charge on any atom is 0.254 e. The minimum Gasteiger partial charge on any atom is -0.492 e. The lowest BCUT2D eigenvalue weighted by molar-refractivity contribution is 0.0951. The van der Waals surface area contributed by atoms with E-state index in [1.807, 2.05) is 30.5 Å². The molecule has 1 aliphatic heterocycles. The number of carbonyl (C=O) groups is 1. The fourth-order valence-electron chi connectivity index (χ4n) is 4.30. The van der Waals surface area contributed by atoms with Crippen LogP contribution in [-0.4, -0.2) is 37.3 Å². The molecular formula is C26H24Cl2N6O2. The number of nitrogens with one attached hydrogen (secondary N) is 2. The molecule has 1 atom stereocenters. The second-order valence-electron chi connectivity index (χ2n) is 8.46. The van der Waals surface area contributed by atoms with Crippen LogP contribution in [0.1, 0.15) is 45.5 Å². The Labute approximate surface area is 218 Å². The number of carbonyl (C=O) groups excluding carboxylic acids is 1. The first-order chi connectivity index (χ1) is 17.6. The summed E-state index contributed by atoms with van der Waals surface area (Å²) < 4.78 is 5.83. The predicted molar refractivity (Wildman–Crippen MR) is 137 cm³/mol. The highest BCUT2D eigenvalue weighted by atomic mass is 35.5. The Morgan fingerprint density at radius 3 is 2.58 bits per heavy atom. The topological polar surface area (TPSA) is 96.0 Å². The minimum atomic E-state index is -0.341. The normalized spacial score (nSPS) is 14.8. The van der Waals surface area contributed by atoms with Gasteiger partial charge in [0.1, 0.15) is 11.6 Å². The monoisotopic (exact) mass is 522 g/mol. The highest BCUT2D eigenvalue weighted by Crippen LogP contribution is 2.35. The first-order valence-corrected chi connectivity index (χ1v) is 12.3. The lowest BCUT2D eigenvalue weighted by Crippen LogP contribution is -2.33. The number of nitrogens with zero attached hydrogens (tertiary/aromatic N) is 4. The van der Waals surface area contributed by atoms with Crippen LogP contribution in [0, 0.1) is 0 Å². The summed E-state index contributed by atoms with van der Waals surface area (Å²) in [6.45, 7) is 2.35. The highest BCUT2D eigenvalue weighted by Gasteiger charge is 2.29. The number of ether oxygens (including phenoxy) is 1. The van der Waals surface area contributed by atoms with E-state index in [9.17, 15) is 4.79 Å². The number of hydrogen-bond donors (Lipinski definition) is 2. The molecule has 4 heterocycles. The fourth-order valence-corrected chi connectivity index (χ4v) is 4.83. The molecule has 1 amide bonds. The van der Waals surface area contributed by atoms with E-state index in [2.05, 4.69) is 42.3 Å². The number of hydrogen-bond acceptors (Lipinski definition) is 6. The second-order valence-corrected chi connectivity index (χ2v) is 9.27. The zero-order chi connectivity index (χ0) is 24.9. The number of aromatic amines is 1. The van der Waals surface area contributed by atoms with Gasteiger partial charge in [0, 0.05) is 50.5 Å². The number of H-pyrrole nitrogens is 1. The molecule has 8 nitrogen and oxygen atoms in total. The lowest BCUT2D eigenvalue weighted by Gasteiger charge is -2.34. The first kappa shape index (κ1) is 24.2. The van der Waals surface area contributed by atoms with E-state index in [1.54, 1.807) is 12.4 Å². The number of halogens is 2. The third-order valence-corrected chi connectivity index (χ3v) is 6.63. The van der Waals surface area contributed by atoms with Gasteiger partial charge in [-0.05, 0) is 23.3 Å². The molecule has 36 heavy (non-hydrogen) atoms. The summed E-state index contributed by atoms with van der Waals surface area (Å²) in [4.78, 5) is 31.1. The summed E-state index contributed by atoms with van der Waals surface area (Å²) >= 11 is 12.2. The molecule has 0 spiro atoms. The maximum absolute atomic E-state index is 12.6. The van der Waals surface area contributed by atoms with Crippen molar-refractivity contribution in [3.8, 4) is 5.75 Å². The summed E-state index contributed by atoms with van der Waals surface area (Å²) in [6.07, 6.45) is 9.05. The third-order valence-electron chi connectivity index (χ3n) is 6.05. The van der Waals surface area contributed by atoms with Gasteiger partial charge in [0.05, 0.1) is 40.5 Å². The van der Waals surface area contributed by atoms with Crippen molar-refractivity contribution in [3.63, 3.8) is 0 Å². The Balaban J connectivity index is 1.29. The van der Waals surface area contributed by atoms with Crippen LogP contribution in [0.3, 0.4) is 0 Å². The van der Waals surface area contributed by atoms with Crippen molar-refractivity contribution in [2.75, 3.05) is 6.61 Å². The van der Waals surface area contributed by atoms with Crippen LogP contribution >= 0.6 is 23.2 Å². The number of rotatable bonds is 8. The number of imidazole rings is 1. The van der Waals surface area contributed by atoms with Crippen LogP contribution in [-0.2, 0) is 19.6 Å². The van der Waals surface area contributed by atoms with Crippen LogP contribution in [0.25, 0.3) is 0 Å². The molecule has 0 fully saturated rings. The van der Waals surface area contributed by atoms with Crippen LogP contribution in [0.15, 0.2) is 67.4 Å². The first-order valence-electron chi connectivity index (χ1n) is 11.5. The molecule has 184 valence electrons. The summed E-state index contributed by atoms with van der Waals surface area (Å²) in [7, 11) is 0. The minimum absolute atomic E-state index is 0.105. The van der Waals surface area contributed by atoms with E-state index in [4.69, 9.17) is 27.9 Å². The molecule has 1 aromatic carbocycles. The van der Waals surface area contributed by atoms with E-state index >= 15 is 0 Å². The van der Waals surface area contributed by atoms with E-state index in [0.29, 0.717) is 26.2 Å². The molecule has 4 aromatic rings. The molecule has 1 unspecified atom stereocenters. The van der Waals surface area contributed by atoms with Crippen molar-refractivity contribution in [1.82, 2.24) is 30.2 Å². The molecule has 2 N–H and O–H groups in total.